The van der Waals surface area contributed by atoms with Crippen LogP contribution in [-0.4, -0.2) is 25.7 Å². The fourth-order valence-electron chi connectivity index (χ4n) is 3.31. The molecule has 1 N–H and O–H groups in total. The van der Waals surface area contributed by atoms with Gasteiger partial charge in [-0.25, -0.2) is 4.39 Å². The Morgan fingerprint density at radius 2 is 1.85 bits per heavy atom. The van der Waals surface area contributed by atoms with Crippen molar-refractivity contribution >= 4 is 5.69 Å². The Hall–Kier alpha value is -1.09. The predicted molar refractivity (Wildman–Crippen MR) is 83.7 cm³/mol. The van der Waals surface area contributed by atoms with Crippen LogP contribution in [0.25, 0.3) is 0 Å². The van der Waals surface area contributed by atoms with Crippen LogP contribution in [-0.2, 0) is 0 Å². The average Bonchev–Trinajstić information content (AvgIpc) is 2.48. The van der Waals surface area contributed by atoms with Crippen molar-refractivity contribution in [2.24, 2.45) is 5.92 Å². The van der Waals surface area contributed by atoms with Crippen LogP contribution in [0.3, 0.4) is 0 Å². The van der Waals surface area contributed by atoms with Gasteiger partial charge in [-0.1, -0.05) is 19.8 Å². The molecule has 2 unspecified atom stereocenters. The topological polar surface area (TPSA) is 15.3 Å². The molecule has 0 aliphatic heterocycles. The summed E-state index contributed by atoms with van der Waals surface area (Å²) in [5.41, 5.74) is 1.13. The number of nitrogens with zero attached hydrogens (tertiary/aromatic N) is 1. The van der Waals surface area contributed by atoms with Crippen LogP contribution in [0.5, 0.6) is 0 Å². The maximum absolute atomic E-state index is 13.0. The first-order valence-electron chi connectivity index (χ1n) is 7.98. The van der Waals surface area contributed by atoms with Crippen LogP contribution in [0.2, 0.25) is 0 Å². The molecule has 1 fully saturated rings. The fraction of sp³-hybridized carbons (Fsp3) is 0.647. The van der Waals surface area contributed by atoms with E-state index >= 15 is 0 Å². The van der Waals surface area contributed by atoms with Crippen molar-refractivity contribution in [2.45, 2.75) is 45.6 Å². The lowest BCUT2D eigenvalue weighted by atomic mass is 9.84. The lowest BCUT2D eigenvalue weighted by Crippen LogP contribution is -2.44. The SMILES string of the molecule is CCNC1CCCCC1CN(CC)c1ccc(F)cc1. The van der Waals surface area contributed by atoms with Gasteiger partial charge in [0, 0.05) is 24.8 Å². The van der Waals surface area contributed by atoms with E-state index in [1.807, 2.05) is 12.1 Å². The molecule has 1 aliphatic rings. The highest BCUT2D eigenvalue weighted by molar-refractivity contribution is 5.46. The van der Waals surface area contributed by atoms with Gasteiger partial charge in [0.2, 0.25) is 0 Å². The normalized spacial score (nSPS) is 22.8. The highest BCUT2D eigenvalue weighted by Crippen LogP contribution is 2.27. The molecular formula is C17H27FN2. The molecule has 2 nitrogen and oxygen atoms in total. The van der Waals surface area contributed by atoms with Crippen molar-refractivity contribution in [2.75, 3.05) is 24.5 Å². The molecule has 2 rings (SSSR count). The molecule has 0 saturated heterocycles. The molecule has 1 aromatic carbocycles. The molecule has 3 heteroatoms. The van der Waals surface area contributed by atoms with E-state index in [4.69, 9.17) is 0 Å². The van der Waals surface area contributed by atoms with Crippen molar-refractivity contribution in [3.05, 3.63) is 30.1 Å². The van der Waals surface area contributed by atoms with E-state index in [0.717, 1.165) is 25.3 Å². The van der Waals surface area contributed by atoms with E-state index < -0.39 is 0 Å². The molecule has 0 bridgehead atoms. The van der Waals surface area contributed by atoms with Gasteiger partial charge >= 0.3 is 0 Å². The third-order valence-electron chi connectivity index (χ3n) is 4.40. The van der Waals surface area contributed by atoms with Gasteiger partial charge in [-0.15, -0.1) is 0 Å². The summed E-state index contributed by atoms with van der Waals surface area (Å²) in [6.07, 6.45) is 5.28. The molecule has 0 aromatic heterocycles. The van der Waals surface area contributed by atoms with Gasteiger partial charge in [-0.3, -0.25) is 0 Å². The van der Waals surface area contributed by atoms with E-state index in [2.05, 4.69) is 24.1 Å². The Morgan fingerprint density at radius 1 is 1.15 bits per heavy atom. The summed E-state index contributed by atoms with van der Waals surface area (Å²) < 4.78 is 13.0. The summed E-state index contributed by atoms with van der Waals surface area (Å²) in [4.78, 5) is 2.37. The van der Waals surface area contributed by atoms with Crippen LogP contribution in [0.15, 0.2) is 24.3 Å². The van der Waals surface area contributed by atoms with Gasteiger partial charge in [-0.05, 0) is 56.5 Å². The number of benzene rings is 1. The smallest absolute Gasteiger partial charge is 0.123 e. The number of rotatable bonds is 6. The first-order chi connectivity index (χ1) is 9.74. The zero-order chi connectivity index (χ0) is 14.4. The molecule has 1 saturated carbocycles. The number of anilines is 1. The van der Waals surface area contributed by atoms with Gasteiger partial charge < -0.3 is 10.2 Å². The summed E-state index contributed by atoms with van der Waals surface area (Å²) in [6, 6.07) is 7.54. The monoisotopic (exact) mass is 278 g/mol. The van der Waals surface area contributed by atoms with Gasteiger partial charge in [0.1, 0.15) is 5.82 Å². The highest BCUT2D eigenvalue weighted by atomic mass is 19.1. The molecule has 1 aromatic rings. The lowest BCUT2D eigenvalue weighted by Gasteiger charge is -2.36. The molecule has 0 radical (unpaired) electrons. The molecule has 0 amide bonds. The third-order valence-corrected chi connectivity index (χ3v) is 4.40. The second-order valence-electron chi connectivity index (χ2n) is 5.72. The molecule has 0 heterocycles. The Kier molecular flexibility index (Phi) is 5.84. The summed E-state index contributed by atoms with van der Waals surface area (Å²) in [7, 11) is 0. The highest BCUT2D eigenvalue weighted by Gasteiger charge is 2.25. The largest absolute Gasteiger partial charge is 0.371 e. The standard InChI is InChI=1S/C17H27FN2/c1-3-19-17-8-6-5-7-14(17)13-20(4-2)16-11-9-15(18)10-12-16/h9-12,14,17,19H,3-8,13H2,1-2H3. The molecular weight excluding hydrogens is 251 g/mol. The predicted octanol–water partition coefficient (Wildman–Crippen LogP) is 3.82. The second kappa shape index (κ2) is 7.63. The van der Waals surface area contributed by atoms with Gasteiger partial charge in [0.05, 0.1) is 0 Å². The van der Waals surface area contributed by atoms with Gasteiger partial charge in [0.15, 0.2) is 0 Å². The van der Waals surface area contributed by atoms with Gasteiger partial charge in [0.25, 0.3) is 0 Å². The van der Waals surface area contributed by atoms with E-state index in [-0.39, 0.29) is 5.82 Å². The van der Waals surface area contributed by atoms with E-state index in [1.54, 1.807) is 12.1 Å². The van der Waals surface area contributed by atoms with Crippen LogP contribution in [0.4, 0.5) is 10.1 Å². The van der Waals surface area contributed by atoms with Crippen molar-refractivity contribution in [1.82, 2.24) is 5.32 Å². The minimum absolute atomic E-state index is 0.159. The lowest BCUT2D eigenvalue weighted by molar-refractivity contribution is 0.268. The van der Waals surface area contributed by atoms with Crippen molar-refractivity contribution in [3.63, 3.8) is 0 Å². The minimum Gasteiger partial charge on any atom is -0.371 e. The van der Waals surface area contributed by atoms with Gasteiger partial charge in [-0.2, -0.15) is 0 Å². The fourth-order valence-corrected chi connectivity index (χ4v) is 3.31. The third kappa shape index (κ3) is 3.95. The molecule has 2 atom stereocenters. The zero-order valence-electron chi connectivity index (χ0n) is 12.7. The van der Waals surface area contributed by atoms with Crippen molar-refractivity contribution < 1.29 is 4.39 Å². The van der Waals surface area contributed by atoms with E-state index in [0.29, 0.717) is 12.0 Å². The maximum atomic E-state index is 13.0. The van der Waals surface area contributed by atoms with E-state index in [9.17, 15) is 4.39 Å². The van der Waals surface area contributed by atoms with E-state index in [1.165, 1.54) is 25.7 Å². The first-order valence-corrected chi connectivity index (χ1v) is 7.98. The molecule has 112 valence electrons. The number of nitrogens with one attached hydrogen (secondary N) is 1. The Morgan fingerprint density at radius 3 is 2.50 bits per heavy atom. The summed E-state index contributed by atoms with van der Waals surface area (Å²) in [6.45, 7) is 7.45. The molecule has 0 spiro atoms. The molecule has 20 heavy (non-hydrogen) atoms. The van der Waals surface area contributed by atoms with Crippen LogP contribution in [0.1, 0.15) is 39.5 Å². The summed E-state index contributed by atoms with van der Waals surface area (Å²) >= 11 is 0. The zero-order valence-corrected chi connectivity index (χ0v) is 12.7. The number of hydrogen-bond acceptors (Lipinski definition) is 2. The summed E-state index contributed by atoms with van der Waals surface area (Å²) in [5.74, 6) is 0.543. The average molecular weight is 278 g/mol. The van der Waals surface area contributed by atoms with Crippen molar-refractivity contribution in [1.29, 1.82) is 0 Å². The minimum atomic E-state index is -0.159. The maximum Gasteiger partial charge on any atom is 0.123 e. The van der Waals surface area contributed by atoms with Crippen LogP contribution < -0.4 is 10.2 Å². The Labute approximate surface area is 122 Å². The quantitative estimate of drug-likeness (QED) is 0.851. The van der Waals surface area contributed by atoms with Crippen LogP contribution >= 0.6 is 0 Å². The number of halogens is 1. The Bertz CT molecular complexity index is 388. The van der Waals surface area contributed by atoms with Crippen molar-refractivity contribution in [3.8, 4) is 0 Å². The number of hydrogen-bond donors (Lipinski definition) is 1. The summed E-state index contributed by atoms with van der Waals surface area (Å²) in [5, 5.41) is 3.64. The van der Waals surface area contributed by atoms with Crippen LogP contribution in [0, 0.1) is 11.7 Å². The molecule has 1 aliphatic carbocycles. The second-order valence-corrected chi connectivity index (χ2v) is 5.72. The Balaban J connectivity index is 2.02. The first kappa shape index (κ1) is 15.3.